The molecule has 1 heterocycles. The summed E-state index contributed by atoms with van der Waals surface area (Å²) < 4.78 is 26.5. The van der Waals surface area contributed by atoms with Crippen molar-refractivity contribution < 1.29 is 13.6 Å². The summed E-state index contributed by atoms with van der Waals surface area (Å²) in [5.74, 6) is -1.72. The lowest BCUT2D eigenvalue weighted by Gasteiger charge is -2.23. The van der Waals surface area contributed by atoms with Crippen LogP contribution in [-0.4, -0.2) is 36.0 Å². The fourth-order valence-corrected chi connectivity index (χ4v) is 3.74. The van der Waals surface area contributed by atoms with E-state index in [0.717, 1.165) is 11.6 Å². The minimum atomic E-state index is -0.855. The van der Waals surface area contributed by atoms with Gasteiger partial charge in [-0.3, -0.25) is 9.69 Å². The van der Waals surface area contributed by atoms with Crippen LogP contribution in [0.4, 0.5) is 8.78 Å². The van der Waals surface area contributed by atoms with E-state index in [1.165, 1.54) is 6.07 Å². The maximum Gasteiger partial charge on any atom is 0.237 e. The van der Waals surface area contributed by atoms with E-state index in [2.05, 4.69) is 15.5 Å². The van der Waals surface area contributed by atoms with Crippen molar-refractivity contribution in [1.82, 2.24) is 15.5 Å². The normalized spacial score (nSPS) is 19.7. The number of rotatable bonds is 7. The van der Waals surface area contributed by atoms with Crippen molar-refractivity contribution in [2.45, 2.75) is 38.5 Å². The maximum absolute atomic E-state index is 13.4. The van der Waals surface area contributed by atoms with Crippen LogP contribution in [0.2, 0.25) is 5.02 Å². The van der Waals surface area contributed by atoms with Gasteiger partial charge in [-0.25, -0.2) is 8.78 Å². The van der Waals surface area contributed by atoms with Crippen molar-refractivity contribution in [3.8, 4) is 0 Å². The Kier molecular flexibility index (Phi) is 6.99. The van der Waals surface area contributed by atoms with Gasteiger partial charge in [-0.15, -0.1) is 0 Å². The second-order valence-electron chi connectivity index (χ2n) is 6.99. The summed E-state index contributed by atoms with van der Waals surface area (Å²) in [4.78, 5) is 14.6. The zero-order chi connectivity index (χ0) is 20.1. The minimum absolute atomic E-state index is 0.00770. The van der Waals surface area contributed by atoms with Crippen LogP contribution in [-0.2, 0) is 17.9 Å². The van der Waals surface area contributed by atoms with Gasteiger partial charge in [-0.2, -0.15) is 0 Å². The molecule has 2 N–H and O–H groups in total. The summed E-state index contributed by atoms with van der Waals surface area (Å²) in [5.41, 5.74) is 1.64. The molecule has 1 saturated heterocycles. The molecule has 150 valence electrons. The smallest absolute Gasteiger partial charge is 0.237 e. The number of nitrogens with one attached hydrogen (secondary N) is 2. The van der Waals surface area contributed by atoms with E-state index in [1.54, 1.807) is 6.07 Å². The van der Waals surface area contributed by atoms with Crippen LogP contribution in [0.3, 0.4) is 0 Å². The number of hydrogen-bond donors (Lipinski definition) is 2. The van der Waals surface area contributed by atoms with Gasteiger partial charge in [0, 0.05) is 37.2 Å². The fourth-order valence-electron chi connectivity index (χ4n) is 3.55. The maximum atomic E-state index is 13.4. The molecule has 3 rings (SSSR count). The van der Waals surface area contributed by atoms with Gasteiger partial charge in [0.05, 0.1) is 6.04 Å². The molecule has 0 spiro atoms. The van der Waals surface area contributed by atoms with Crippen LogP contribution < -0.4 is 10.6 Å². The standard InChI is InChI=1S/C21H24ClF2N3O/c1-2-25-21(28)20-10-16(26-11-14-7-8-18(23)19(24)9-14)13-27(20)12-15-5-3-4-6-17(15)22/h3-9,16,20,26H,2,10-13H2,1H3,(H,25,28)/t16-,20+/m1/s1. The van der Waals surface area contributed by atoms with E-state index >= 15 is 0 Å². The molecule has 4 nitrogen and oxygen atoms in total. The number of carbonyl (C=O) groups excluding carboxylic acids is 1. The molecule has 1 aliphatic rings. The molecule has 0 aliphatic carbocycles. The molecule has 28 heavy (non-hydrogen) atoms. The second kappa shape index (κ2) is 9.45. The number of carbonyl (C=O) groups is 1. The van der Waals surface area contributed by atoms with E-state index < -0.39 is 11.6 Å². The highest BCUT2D eigenvalue weighted by molar-refractivity contribution is 6.31. The Bertz CT molecular complexity index is 833. The first-order valence-electron chi connectivity index (χ1n) is 9.40. The Labute approximate surface area is 168 Å². The van der Waals surface area contributed by atoms with Gasteiger partial charge in [0.1, 0.15) is 0 Å². The topological polar surface area (TPSA) is 44.4 Å². The molecule has 0 saturated carbocycles. The van der Waals surface area contributed by atoms with Gasteiger partial charge in [-0.05, 0) is 42.7 Å². The molecular weight excluding hydrogens is 384 g/mol. The van der Waals surface area contributed by atoms with Crippen LogP contribution in [0.5, 0.6) is 0 Å². The Morgan fingerprint density at radius 1 is 1.21 bits per heavy atom. The first kappa shape index (κ1) is 20.7. The van der Waals surface area contributed by atoms with Crippen LogP contribution in [0.1, 0.15) is 24.5 Å². The molecule has 2 aromatic rings. The highest BCUT2D eigenvalue weighted by atomic mass is 35.5. The van der Waals surface area contributed by atoms with E-state index in [4.69, 9.17) is 11.6 Å². The summed E-state index contributed by atoms with van der Waals surface area (Å²) in [7, 11) is 0. The molecule has 0 radical (unpaired) electrons. The summed E-state index contributed by atoms with van der Waals surface area (Å²) in [6.07, 6.45) is 0.639. The van der Waals surface area contributed by atoms with E-state index in [9.17, 15) is 13.6 Å². The van der Waals surface area contributed by atoms with Crippen molar-refractivity contribution in [2.75, 3.05) is 13.1 Å². The number of likely N-dealkylation sites (N-methyl/N-ethyl adjacent to an activating group) is 1. The molecule has 0 aromatic heterocycles. The lowest BCUT2D eigenvalue weighted by atomic mass is 10.1. The number of benzene rings is 2. The van der Waals surface area contributed by atoms with Gasteiger partial charge < -0.3 is 10.6 Å². The lowest BCUT2D eigenvalue weighted by molar-refractivity contribution is -0.125. The van der Waals surface area contributed by atoms with Gasteiger partial charge in [0.2, 0.25) is 5.91 Å². The lowest BCUT2D eigenvalue weighted by Crippen LogP contribution is -2.42. The largest absolute Gasteiger partial charge is 0.355 e. The summed E-state index contributed by atoms with van der Waals surface area (Å²) in [6.45, 7) is 4.11. The number of hydrogen-bond acceptors (Lipinski definition) is 3. The average molecular weight is 408 g/mol. The van der Waals surface area contributed by atoms with E-state index in [-0.39, 0.29) is 18.0 Å². The number of amides is 1. The SMILES string of the molecule is CCNC(=O)[C@@H]1C[C@@H](NCc2ccc(F)c(F)c2)CN1Cc1ccccc1Cl. The van der Waals surface area contributed by atoms with Crippen LogP contribution in [0, 0.1) is 11.6 Å². The quantitative estimate of drug-likeness (QED) is 0.738. The zero-order valence-electron chi connectivity index (χ0n) is 15.7. The number of halogens is 3. The zero-order valence-corrected chi connectivity index (χ0v) is 16.5. The Balaban J connectivity index is 1.67. The molecule has 1 amide bonds. The Morgan fingerprint density at radius 2 is 2.00 bits per heavy atom. The minimum Gasteiger partial charge on any atom is -0.355 e. The van der Waals surface area contributed by atoms with Crippen LogP contribution in [0.25, 0.3) is 0 Å². The third kappa shape index (κ3) is 5.07. The monoisotopic (exact) mass is 407 g/mol. The highest BCUT2D eigenvalue weighted by Crippen LogP contribution is 2.24. The molecule has 0 bridgehead atoms. The Hall–Kier alpha value is -2.02. The molecular formula is C21H24ClF2N3O. The van der Waals surface area contributed by atoms with E-state index in [0.29, 0.717) is 43.2 Å². The first-order chi connectivity index (χ1) is 13.5. The van der Waals surface area contributed by atoms with Gasteiger partial charge >= 0.3 is 0 Å². The fraction of sp³-hybridized carbons (Fsp3) is 0.381. The molecule has 2 atom stereocenters. The van der Waals surface area contributed by atoms with Crippen molar-refractivity contribution in [1.29, 1.82) is 0 Å². The Morgan fingerprint density at radius 3 is 2.71 bits per heavy atom. The predicted octanol–water partition coefficient (Wildman–Crippen LogP) is 3.49. The number of nitrogens with zero attached hydrogens (tertiary/aromatic N) is 1. The van der Waals surface area contributed by atoms with Gasteiger partial charge in [0.25, 0.3) is 0 Å². The molecule has 0 unspecified atom stereocenters. The van der Waals surface area contributed by atoms with Gasteiger partial charge in [-0.1, -0.05) is 35.9 Å². The van der Waals surface area contributed by atoms with Crippen LogP contribution >= 0.6 is 11.6 Å². The summed E-state index contributed by atoms with van der Waals surface area (Å²) >= 11 is 6.29. The van der Waals surface area contributed by atoms with Crippen molar-refractivity contribution in [2.24, 2.45) is 0 Å². The summed E-state index contributed by atoms with van der Waals surface area (Å²) in [6, 6.07) is 11.3. The number of likely N-dealkylation sites (tertiary alicyclic amines) is 1. The van der Waals surface area contributed by atoms with Gasteiger partial charge in [0.15, 0.2) is 11.6 Å². The second-order valence-corrected chi connectivity index (χ2v) is 7.40. The first-order valence-corrected chi connectivity index (χ1v) is 9.78. The average Bonchev–Trinajstić information content (AvgIpc) is 3.08. The third-order valence-corrected chi connectivity index (χ3v) is 5.34. The van der Waals surface area contributed by atoms with Crippen molar-refractivity contribution in [3.05, 3.63) is 70.2 Å². The highest BCUT2D eigenvalue weighted by Gasteiger charge is 2.36. The third-order valence-electron chi connectivity index (χ3n) is 4.97. The molecule has 7 heteroatoms. The predicted molar refractivity (Wildman–Crippen MR) is 106 cm³/mol. The van der Waals surface area contributed by atoms with Crippen molar-refractivity contribution in [3.63, 3.8) is 0 Å². The molecule has 2 aromatic carbocycles. The van der Waals surface area contributed by atoms with Crippen molar-refractivity contribution >= 4 is 17.5 Å². The summed E-state index contributed by atoms with van der Waals surface area (Å²) in [5, 5.41) is 6.93. The van der Waals surface area contributed by atoms with E-state index in [1.807, 2.05) is 31.2 Å². The molecule has 1 aliphatic heterocycles. The molecule has 1 fully saturated rings. The van der Waals surface area contributed by atoms with Crippen LogP contribution in [0.15, 0.2) is 42.5 Å².